The van der Waals surface area contributed by atoms with Gasteiger partial charge in [-0.3, -0.25) is 5.10 Å². The van der Waals surface area contributed by atoms with Gasteiger partial charge in [-0.25, -0.2) is 4.79 Å². The van der Waals surface area contributed by atoms with Gasteiger partial charge < -0.3 is 14.7 Å². The Balaban J connectivity index is 1.19. The van der Waals surface area contributed by atoms with Crippen LogP contribution in [0.25, 0.3) is 0 Å². The number of carbonyl (C=O) groups excluding carboxylic acids is 1. The van der Waals surface area contributed by atoms with E-state index in [1.807, 2.05) is 9.80 Å². The summed E-state index contributed by atoms with van der Waals surface area (Å²) >= 11 is 0. The number of carbonyl (C=O) groups is 1. The van der Waals surface area contributed by atoms with E-state index in [1.54, 1.807) is 12.1 Å². The first kappa shape index (κ1) is 27.1. The molecular formula is C30H37F3N6O. The summed E-state index contributed by atoms with van der Waals surface area (Å²) in [5, 5.41) is 17.2. The summed E-state index contributed by atoms with van der Waals surface area (Å²) in [5.41, 5.74) is 2.22. The first-order valence-corrected chi connectivity index (χ1v) is 14.7. The number of piperidine rings is 3. The Bertz CT molecular complexity index is 1220. The van der Waals surface area contributed by atoms with Crippen LogP contribution in [0.15, 0.2) is 30.3 Å². The molecular weight excluding hydrogens is 517 g/mol. The molecule has 214 valence electrons. The average molecular weight is 555 g/mol. The number of urea groups is 1. The van der Waals surface area contributed by atoms with E-state index in [1.165, 1.54) is 12.8 Å². The van der Waals surface area contributed by atoms with E-state index in [4.69, 9.17) is 5.10 Å². The fourth-order valence-electron chi connectivity index (χ4n) is 6.84. The first-order chi connectivity index (χ1) is 19.3. The fourth-order valence-corrected chi connectivity index (χ4v) is 6.84. The van der Waals surface area contributed by atoms with Crippen molar-refractivity contribution in [3.8, 4) is 6.07 Å². The maximum absolute atomic E-state index is 13.6. The fraction of sp³-hybridized carbons (Fsp3) is 0.633. The standard InChI is InChI=1S/C30H37F3N6O/c31-30(32,33)25-3-1-21(2-4-25)23-15-24(19-39(18-23)29(40)38-11-7-20(17-34)8-12-38)28-16-27(35-36-28)22-9-13-37(14-10-22)26-5-6-26/h1-4,16,20,22-24,26H,5-15,18-19H2,(H,35,36). The third-order valence-electron chi connectivity index (χ3n) is 9.45. The number of H-pyrrole nitrogens is 1. The molecule has 1 N–H and O–H groups in total. The van der Waals surface area contributed by atoms with Gasteiger partial charge in [0.25, 0.3) is 0 Å². The highest BCUT2D eigenvalue weighted by Gasteiger charge is 2.37. The van der Waals surface area contributed by atoms with Crippen LogP contribution in [0.5, 0.6) is 0 Å². The Hall–Kier alpha value is -3.06. The van der Waals surface area contributed by atoms with E-state index in [-0.39, 0.29) is 23.8 Å². The van der Waals surface area contributed by atoms with Gasteiger partial charge in [0.1, 0.15) is 0 Å². The molecule has 2 aromatic rings. The van der Waals surface area contributed by atoms with Crippen LogP contribution in [-0.2, 0) is 6.18 Å². The number of amides is 2. The lowest BCUT2D eigenvalue weighted by atomic mass is 9.82. The molecule has 2 atom stereocenters. The van der Waals surface area contributed by atoms with Gasteiger partial charge in [0, 0.05) is 61.6 Å². The number of nitrogens with zero attached hydrogens (tertiary/aromatic N) is 5. The third kappa shape index (κ3) is 5.85. The van der Waals surface area contributed by atoms with Crippen molar-refractivity contribution >= 4 is 6.03 Å². The molecule has 4 fully saturated rings. The molecule has 2 amide bonds. The Morgan fingerprint density at radius 3 is 2.20 bits per heavy atom. The average Bonchev–Trinajstić information content (AvgIpc) is 3.72. The SMILES string of the molecule is N#CC1CCN(C(=O)N2CC(c3ccc(C(F)(F)F)cc3)CC(c3cc(C4CCN(C5CC5)CC4)[nH]n3)C2)CC1. The van der Waals surface area contributed by atoms with Crippen molar-refractivity contribution in [3.05, 3.63) is 52.8 Å². The maximum Gasteiger partial charge on any atom is 0.416 e. The predicted octanol–water partition coefficient (Wildman–Crippen LogP) is 5.70. The molecule has 1 aromatic carbocycles. The number of aromatic amines is 1. The van der Waals surface area contributed by atoms with E-state index >= 15 is 0 Å². The first-order valence-electron chi connectivity index (χ1n) is 14.7. The highest BCUT2D eigenvalue weighted by molar-refractivity contribution is 5.75. The van der Waals surface area contributed by atoms with Crippen LogP contribution in [0.4, 0.5) is 18.0 Å². The van der Waals surface area contributed by atoms with E-state index in [0.29, 0.717) is 44.9 Å². The lowest BCUT2D eigenvalue weighted by Crippen LogP contribution is -2.51. The zero-order chi connectivity index (χ0) is 27.9. The number of likely N-dealkylation sites (tertiary alicyclic amines) is 3. The lowest BCUT2D eigenvalue weighted by Gasteiger charge is -2.41. The normalized spacial score (nSPS) is 25.6. The third-order valence-corrected chi connectivity index (χ3v) is 9.45. The van der Waals surface area contributed by atoms with Gasteiger partial charge >= 0.3 is 12.2 Å². The smallest absolute Gasteiger partial charge is 0.325 e. The molecule has 1 aliphatic carbocycles. The van der Waals surface area contributed by atoms with Crippen molar-refractivity contribution in [2.24, 2.45) is 5.92 Å². The molecule has 0 spiro atoms. The second-order valence-electron chi connectivity index (χ2n) is 12.1. The summed E-state index contributed by atoms with van der Waals surface area (Å²) < 4.78 is 39.6. The minimum Gasteiger partial charge on any atom is -0.325 e. The number of halogens is 3. The number of benzene rings is 1. The Morgan fingerprint density at radius 1 is 0.900 bits per heavy atom. The molecule has 40 heavy (non-hydrogen) atoms. The van der Waals surface area contributed by atoms with Gasteiger partial charge in [0.15, 0.2) is 0 Å². The van der Waals surface area contributed by atoms with Crippen LogP contribution in [-0.4, -0.2) is 76.2 Å². The summed E-state index contributed by atoms with van der Waals surface area (Å²) in [4.78, 5) is 19.9. The zero-order valence-corrected chi connectivity index (χ0v) is 22.7. The summed E-state index contributed by atoms with van der Waals surface area (Å²) in [6, 6.07) is 10.6. The van der Waals surface area contributed by atoms with E-state index in [0.717, 1.165) is 67.5 Å². The predicted molar refractivity (Wildman–Crippen MR) is 144 cm³/mol. The molecule has 1 saturated carbocycles. The van der Waals surface area contributed by atoms with Crippen LogP contribution < -0.4 is 0 Å². The van der Waals surface area contributed by atoms with Gasteiger partial charge in [0.2, 0.25) is 0 Å². The number of hydrogen-bond donors (Lipinski definition) is 1. The monoisotopic (exact) mass is 554 g/mol. The van der Waals surface area contributed by atoms with Gasteiger partial charge in [-0.2, -0.15) is 23.5 Å². The molecule has 10 heteroatoms. The highest BCUT2D eigenvalue weighted by atomic mass is 19.4. The lowest BCUT2D eigenvalue weighted by molar-refractivity contribution is -0.137. The van der Waals surface area contributed by atoms with Gasteiger partial charge in [0.05, 0.1) is 17.3 Å². The number of nitriles is 1. The minimum absolute atomic E-state index is 0.0156. The number of alkyl halides is 3. The van der Waals surface area contributed by atoms with Gasteiger partial charge in [-0.05, 0) is 81.8 Å². The van der Waals surface area contributed by atoms with Crippen molar-refractivity contribution in [2.75, 3.05) is 39.3 Å². The van der Waals surface area contributed by atoms with Crippen molar-refractivity contribution in [2.45, 2.75) is 74.9 Å². The number of rotatable bonds is 4. The highest BCUT2D eigenvalue weighted by Crippen LogP contribution is 2.39. The minimum atomic E-state index is -4.38. The van der Waals surface area contributed by atoms with Gasteiger partial charge in [-0.1, -0.05) is 12.1 Å². The Labute approximate surface area is 233 Å². The Morgan fingerprint density at radius 2 is 1.57 bits per heavy atom. The van der Waals surface area contributed by atoms with E-state index < -0.39 is 11.7 Å². The largest absolute Gasteiger partial charge is 0.416 e. The van der Waals surface area contributed by atoms with Crippen LogP contribution >= 0.6 is 0 Å². The van der Waals surface area contributed by atoms with Crippen molar-refractivity contribution in [1.29, 1.82) is 5.26 Å². The number of aromatic nitrogens is 2. The molecule has 2 unspecified atom stereocenters. The molecule has 0 bridgehead atoms. The Kier molecular flexibility index (Phi) is 7.51. The van der Waals surface area contributed by atoms with Crippen LogP contribution in [0.3, 0.4) is 0 Å². The van der Waals surface area contributed by atoms with Crippen molar-refractivity contribution in [3.63, 3.8) is 0 Å². The quantitative estimate of drug-likeness (QED) is 0.526. The zero-order valence-electron chi connectivity index (χ0n) is 22.7. The number of nitrogens with one attached hydrogen (secondary N) is 1. The summed E-state index contributed by atoms with van der Waals surface area (Å²) in [5.74, 6) is 0.322. The molecule has 3 aliphatic heterocycles. The summed E-state index contributed by atoms with van der Waals surface area (Å²) in [7, 11) is 0. The van der Waals surface area contributed by atoms with E-state index in [9.17, 15) is 23.2 Å². The summed E-state index contributed by atoms with van der Waals surface area (Å²) in [6.45, 7) is 4.32. The second-order valence-corrected chi connectivity index (χ2v) is 12.1. The number of hydrogen-bond acceptors (Lipinski definition) is 4. The molecule has 4 heterocycles. The summed E-state index contributed by atoms with van der Waals surface area (Å²) in [6.07, 6.45) is 2.55. The van der Waals surface area contributed by atoms with Crippen LogP contribution in [0.1, 0.15) is 85.2 Å². The molecule has 0 radical (unpaired) electrons. The molecule has 7 nitrogen and oxygen atoms in total. The molecule has 1 aromatic heterocycles. The van der Waals surface area contributed by atoms with Crippen LogP contribution in [0.2, 0.25) is 0 Å². The molecule has 3 saturated heterocycles. The van der Waals surface area contributed by atoms with Crippen molar-refractivity contribution < 1.29 is 18.0 Å². The maximum atomic E-state index is 13.6. The topological polar surface area (TPSA) is 79.3 Å². The molecule has 6 rings (SSSR count). The van der Waals surface area contributed by atoms with E-state index in [2.05, 4.69) is 22.1 Å². The second kappa shape index (κ2) is 11.1. The molecule has 4 aliphatic rings. The van der Waals surface area contributed by atoms with Crippen molar-refractivity contribution in [1.82, 2.24) is 24.9 Å². The van der Waals surface area contributed by atoms with Gasteiger partial charge in [-0.15, -0.1) is 0 Å². The van der Waals surface area contributed by atoms with Crippen LogP contribution in [0, 0.1) is 17.2 Å².